The number of nitrogen functional groups attached to an aromatic ring is 1. The van der Waals surface area contributed by atoms with Gasteiger partial charge in [0.05, 0.1) is 18.5 Å². The van der Waals surface area contributed by atoms with Gasteiger partial charge >= 0.3 is 0 Å². The number of anilines is 2. The first-order chi connectivity index (χ1) is 8.43. The number of methoxy groups -OCH3 is 1. The summed E-state index contributed by atoms with van der Waals surface area (Å²) in [6.07, 6.45) is -0.275. The maximum Gasteiger partial charge on any atom is 0.251 e. The monoisotopic (exact) mass is 320 g/mol. The lowest BCUT2D eigenvalue weighted by Crippen LogP contribution is -2.39. The predicted molar refractivity (Wildman–Crippen MR) is 71.5 cm³/mol. The minimum absolute atomic E-state index is 0.138. The molecular formula is C12H15BrF2N2O. The van der Waals surface area contributed by atoms with Gasteiger partial charge in [-0.15, -0.1) is 0 Å². The van der Waals surface area contributed by atoms with Crippen molar-refractivity contribution in [3.05, 3.63) is 16.6 Å². The second kappa shape index (κ2) is 4.91. The normalized spacial score (nSPS) is 18.8. The van der Waals surface area contributed by atoms with E-state index in [0.717, 1.165) is 10.2 Å². The van der Waals surface area contributed by atoms with Crippen LogP contribution in [0.3, 0.4) is 0 Å². The highest BCUT2D eigenvalue weighted by Gasteiger charge is 2.34. The van der Waals surface area contributed by atoms with E-state index in [1.165, 1.54) is 7.11 Å². The highest BCUT2D eigenvalue weighted by atomic mass is 79.9. The Morgan fingerprint density at radius 2 is 1.94 bits per heavy atom. The Kier molecular flexibility index (Phi) is 3.66. The number of hydrogen-bond donors (Lipinski definition) is 1. The van der Waals surface area contributed by atoms with E-state index >= 15 is 0 Å². The van der Waals surface area contributed by atoms with Crippen molar-refractivity contribution in [3.63, 3.8) is 0 Å². The number of nitrogens with zero attached hydrogens (tertiary/aromatic N) is 1. The zero-order chi connectivity index (χ0) is 13.3. The maximum atomic E-state index is 13.1. The van der Waals surface area contributed by atoms with Gasteiger partial charge in [-0.3, -0.25) is 0 Å². The van der Waals surface area contributed by atoms with Crippen molar-refractivity contribution in [1.82, 2.24) is 0 Å². The lowest BCUT2D eigenvalue weighted by Gasteiger charge is -2.34. The van der Waals surface area contributed by atoms with Crippen LogP contribution >= 0.6 is 15.9 Å². The third-order valence-corrected chi connectivity index (χ3v) is 3.60. The third-order valence-electron chi connectivity index (χ3n) is 3.14. The molecule has 3 nitrogen and oxygen atoms in total. The number of rotatable bonds is 2. The van der Waals surface area contributed by atoms with Gasteiger partial charge in [0.1, 0.15) is 5.75 Å². The zero-order valence-electron chi connectivity index (χ0n) is 10.0. The molecule has 1 fully saturated rings. The van der Waals surface area contributed by atoms with Crippen LogP contribution in [-0.2, 0) is 0 Å². The van der Waals surface area contributed by atoms with Crippen LogP contribution in [0.15, 0.2) is 16.6 Å². The van der Waals surface area contributed by atoms with Gasteiger partial charge in [0, 0.05) is 30.4 Å². The Morgan fingerprint density at radius 3 is 2.50 bits per heavy atom. The maximum absolute atomic E-state index is 13.1. The second-order valence-electron chi connectivity index (χ2n) is 4.38. The quantitative estimate of drug-likeness (QED) is 0.850. The molecule has 100 valence electrons. The van der Waals surface area contributed by atoms with E-state index in [1.54, 1.807) is 6.07 Å². The van der Waals surface area contributed by atoms with Gasteiger partial charge in [0.15, 0.2) is 0 Å². The molecule has 0 atom stereocenters. The molecule has 0 radical (unpaired) electrons. The fourth-order valence-corrected chi connectivity index (χ4v) is 2.51. The highest BCUT2D eigenvalue weighted by Crippen LogP contribution is 2.39. The largest absolute Gasteiger partial charge is 0.494 e. The molecule has 2 N–H and O–H groups in total. The summed E-state index contributed by atoms with van der Waals surface area (Å²) in [5.74, 6) is -2.00. The van der Waals surface area contributed by atoms with Crippen molar-refractivity contribution in [1.29, 1.82) is 0 Å². The number of piperidine rings is 1. The summed E-state index contributed by atoms with van der Waals surface area (Å²) in [6, 6.07) is 3.60. The molecule has 1 heterocycles. The van der Waals surface area contributed by atoms with Gasteiger partial charge in [-0.05, 0) is 12.1 Å². The number of hydrogen-bond acceptors (Lipinski definition) is 3. The summed E-state index contributed by atoms with van der Waals surface area (Å²) in [7, 11) is 1.53. The molecule has 6 heteroatoms. The zero-order valence-corrected chi connectivity index (χ0v) is 11.6. The Hall–Kier alpha value is -1.04. The summed E-state index contributed by atoms with van der Waals surface area (Å²) < 4.78 is 32.2. The van der Waals surface area contributed by atoms with Crippen molar-refractivity contribution < 1.29 is 13.5 Å². The molecule has 2 rings (SSSR count). The van der Waals surface area contributed by atoms with E-state index in [-0.39, 0.29) is 12.8 Å². The Labute approximate surface area is 113 Å². The molecule has 0 aliphatic carbocycles. The highest BCUT2D eigenvalue weighted by molar-refractivity contribution is 9.10. The van der Waals surface area contributed by atoms with E-state index in [1.807, 2.05) is 11.0 Å². The molecular weight excluding hydrogens is 306 g/mol. The lowest BCUT2D eigenvalue weighted by atomic mass is 10.1. The summed E-state index contributed by atoms with van der Waals surface area (Å²) >= 11 is 3.37. The molecule has 1 aromatic rings. The number of halogens is 3. The summed E-state index contributed by atoms with van der Waals surface area (Å²) in [5.41, 5.74) is 7.22. The van der Waals surface area contributed by atoms with Gasteiger partial charge < -0.3 is 15.4 Å². The van der Waals surface area contributed by atoms with Crippen molar-refractivity contribution in [2.45, 2.75) is 18.8 Å². The molecule has 1 saturated heterocycles. The molecule has 1 aromatic carbocycles. The average Bonchev–Trinajstić information content (AvgIpc) is 2.32. The van der Waals surface area contributed by atoms with Crippen LogP contribution in [0.5, 0.6) is 5.75 Å². The summed E-state index contributed by atoms with van der Waals surface area (Å²) in [6.45, 7) is 0.605. The first kappa shape index (κ1) is 13.4. The summed E-state index contributed by atoms with van der Waals surface area (Å²) in [5, 5.41) is 0. The molecule has 0 spiro atoms. The molecule has 1 aliphatic heterocycles. The Balaban J connectivity index is 2.26. The van der Waals surface area contributed by atoms with E-state index in [2.05, 4.69) is 15.9 Å². The van der Waals surface area contributed by atoms with Crippen molar-refractivity contribution in [2.75, 3.05) is 30.8 Å². The van der Waals surface area contributed by atoms with Crippen molar-refractivity contribution >= 4 is 27.3 Å². The first-order valence-corrected chi connectivity index (χ1v) is 6.48. The van der Waals surface area contributed by atoms with E-state index in [4.69, 9.17) is 10.5 Å². The minimum Gasteiger partial charge on any atom is -0.494 e. The fourth-order valence-electron chi connectivity index (χ4n) is 2.08. The minimum atomic E-state index is -2.55. The van der Waals surface area contributed by atoms with Crippen LogP contribution < -0.4 is 15.4 Å². The van der Waals surface area contributed by atoms with Crippen LogP contribution in [0, 0.1) is 0 Å². The molecule has 18 heavy (non-hydrogen) atoms. The van der Waals surface area contributed by atoms with Crippen LogP contribution in [0.4, 0.5) is 20.2 Å². The van der Waals surface area contributed by atoms with E-state index in [9.17, 15) is 8.78 Å². The molecule has 0 saturated carbocycles. The number of ether oxygens (including phenoxy) is 1. The average molecular weight is 321 g/mol. The van der Waals surface area contributed by atoms with Crippen LogP contribution in [0.1, 0.15) is 12.8 Å². The SMILES string of the molecule is COc1cc(Br)cc(N2CCC(F)(F)CC2)c1N. The molecule has 0 unspecified atom stereocenters. The van der Waals surface area contributed by atoms with Gasteiger partial charge in [-0.25, -0.2) is 8.78 Å². The Morgan fingerprint density at radius 1 is 1.33 bits per heavy atom. The van der Waals surface area contributed by atoms with Gasteiger partial charge in [-0.2, -0.15) is 0 Å². The Bertz CT molecular complexity index is 444. The molecule has 1 aliphatic rings. The van der Waals surface area contributed by atoms with E-state index in [0.29, 0.717) is 24.5 Å². The standard InChI is InChI=1S/C12H15BrF2N2O/c1-18-10-7-8(13)6-9(11(10)16)17-4-2-12(14,15)3-5-17/h6-7H,2-5,16H2,1H3. The predicted octanol–water partition coefficient (Wildman–Crippen LogP) is 3.28. The number of benzene rings is 1. The first-order valence-electron chi connectivity index (χ1n) is 5.69. The smallest absolute Gasteiger partial charge is 0.251 e. The van der Waals surface area contributed by atoms with Crippen LogP contribution in [-0.4, -0.2) is 26.1 Å². The van der Waals surface area contributed by atoms with Crippen LogP contribution in [0.2, 0.25) is 0 Å². The number of nitrogens with two attached hydrogens (primary N) is 1. The lowest BCUT2D eigenvalue weighted by molar-refractivity contribution is -0.0220. The van der Waals surface area contributed by atoms with Gasteiger partial charge in [-0.1, -0.05) is 15.9 Å². The van der Waals surface area contributed by atoms with Crippen molar-refractivity contribution in [3.8, 4) is 5.75 Å². The molecule has 0 amide bonds. The third kappa shape index (κ3) is 2.68. The molecule has 0 aromatic heterocycles. The topological polar surface area (TPSA) is 38.5 Å². The fraction of sp³-hybridized carbons (Fsp3) is 0.500. The molecule has 0 bridgehead atoms. The van der Waals surface area contributed by atoms with Gasteiger partial charge in [0.25, 0.3) is 5.92 Å². The summed E-state index contributed by atoms with van der Waals surface area (Å²) in [4.78, 5) is 1.88. The van der Waals surface area contributed by atoms with E-state index < -0.39 is 5.92 Å². The van der Waals surface area contributed by atoms with Crippen LogP contribution in [0.25, 0.3) is 0 Å². The second-order valence-corrected chi connectivity index (χ2v) is 5.30. The van der Waals surface area contributed by atoms with Crippen molar-refractivity contribution in [2.24, 2.45) is 0 Å². The number of alkyl halides is 2. The van der Waals surface area contributed by atoms with Gasteiger partial charge in [0.2, 0.25) is 0 Å².